The first-order chi connectivity index (χ1) is 49.5. The van der Waals surface area contributed by atoms with E-state index in [0.29, 0.717) is 51.0 Å². The number of piperidine rings is 6. The van der Waals surface area contributed by atoms with Crippen molar-refractivity contribution in [1.82, 2.24) is 29.4 Å². The number of fused-ring (bicyclic) bond motifs is 6. The highest BCUT2D eigenvalue weighted by atomic mass is 32.2. The van der Waals surface area contributed by atoms with Gasteiger partial charge in [0, 0.05) is 135 Å². The summed E-state index contributed by atoms with van der Waals surface area (Å²) in [4.78, 5) is 82.7. The molecule has 6 saturated heterocycles. The highest BCUT2D eigenvalue weighted by Gasteiger charge is 2.51. The van der Waals surface area contributed by atoms with Gasteiger partial charge in [-0.15, -0.1) is 17.7 Å². The van der Waals surface area contributed by atoms with Gasteiger partial charge in [-0.1, -0.05) is 72.7 Å². The molecule has 5 amide bonds. The normalized spacial score (nSPS) is 20.0. The lowest BCUT2D eigenvalue weighted by molar-refractivity contribution is -0.117. The van der Waals surface area contributed by atoms with Crippen LogP contribution in [0.4, 0.5) is 35.8 Å². The number of hydrogen-bond acceptors (Lipinski definition) is 14. The highest BCUT2D eigenvalue weighted by Crippen LogP contribution is 2.54. The van der Waals surface area contributed by atoms with Crippen LogP contribution in [0.1, 0.15) is 141 Å². The van der Waals surface area contributed by atoms with Crippen LogP contribution in [0.3, 0.4) is 0 Å². The van der Waals surface area contributed by atoms with E-state index in [9.17, 15) is 28.4 Å². The molecule has 9 aliphatic rings. The third-order valence-corrected chi connectivity index (χ3v) is 24.7. The Balaban J connectivity index is 0.000000167. The SMILES string of the molecule is CC#CCN1CC2(CCN(C3CCN(C(=O)OCC)CC3)CC2)c2cc(F)ccc21.CCOC(=O)N1CCC(N2CCC3(CC2)CN(C(C)=O)c2c(-c4ccc(SC)cc4)cccc23)CC1.CCOC(=O)N1CCC(N2CCC3(CC2)CN(C(C)=O)c2c(-c4cccc(CN)c4)cccc23)CC1.O.O. The number of carbonyl (C=O) groups excluding carboxylic acids is 5. The van der Waals surface area contributed by atoms with Crippen molar-refractivity contribution in [1.29, 1.82) is 0 Å². The fraction of sp³-hybridized carbons (Fsp3) is 0.549. The minimum atomic E-state index is -0.187. The van der Waals surface area contributed by atoms with Crippen LogP contribution in [0.15, 0.2) is 108 Å². The molecule has 6 fully saturated rings. The molecule has 0 unspecified atom stereocenters. The van der Waals surface area contributed by atoms with Crippen LogP contribution in [0.25, 0.3) is 22.3 Å². The van der Waals surface area contributed by atoms with Crippen molar-refractivity contribution in [3.8, 4) is 34.1 Å². The smallest absolute Gasteiger partial charge is 0.409 e. The van der Waals surface area contributed by atoms with E-state index in [0.717, 1.165) is 220 Å². The zero-order valence-electron chi connectivity index (χ0n) is 62.3. The average molecular weight is 1450 g/mol. The molecule has 3 spiro atoms. The maximum absolute atomic E-state index is 14.1. The first-order valence-electron chi connectivity index (χ1n) is 37.7. The third kappa shape index (κ3) is 16.7. The number of thioether (sulfide) groups is 1. The molecule has 0 radical (unpaired) electrons. The second-order valence-electron chi connectivity index (χ2n) is 29.4. The van der Waals surface area contributed by atoms with Crippen molar-refractivity contribution in [2.24, 2.45) is 5.73 Å². The predicted octanol–water partition coefficient (Wildman–Crippen LogP) is 11.5. The second-order valence-corrected chi connectivity index (χ2v) is 30.3. The van der Waals surface area contributed by atoms with Crippen molar-refractivity contribution < 1.29 is 53.5 Å². The molecular weight excluding hydrogens is 1340 g/mol. The van der Waals surface area contributed by atoms with E-state index in [1.54, 1.807) is 37.7 Å². The van der Waals surface area contributed by atoms with Gasteiger partial charge in [-0.25, -0.2) is 18.8 Å². The maximum atomic E-state index is 14.1. The Morgan fingerprint density at radius 2 is 0.913 bits per heavy atom. The summed E-state index contributed by atoms with van der Waals surface area (Å²) < 4.78 is 29.6. The molecule has 0 atom stereocenters. The number of halogens is 1. The number of likely N-dealkylation sites (tertiary alicyclic amines) is 6. The van der Waals surface area contributed by atoms with Gasteiger partial charge in [-0.3, -0.25) is 9.59 Å². The molecule has 104 heavy (non-hydrogen) atoms. The number of benzene rings is 5. The number of rotatable bonds is 11. The summed E-state index contributed by atoms with van der Waals surface area (Å²) in [6, 6.07) is 36.9. The molecular formula is C82H111FN10O10S. The molecule has 20 nitrogen and oxygen atoms in total. The monoisotopic (exact) mass is 1450 g/mol. The molecule has 6 N–H and O–H groups in total. The Hall–Kier alpha value is -7.75. The number of nitrogens with zero attached hydrogens (tertiary/aromatic N) is 9. The summed E-state index contributed by atoms with van der Waals surface area (Å²) in [5, 5.41) is 0. The van der Waals surface area contributed by atoms with Crippen LogP contribution >= 0.6 is 11.8 Å². The Labute approximate surface area is 619 Å². The zero-order chi connectivity index (χ0) is 71.7. The topological polar surface area (TPSA) is 231 Å². The number of nitrogens with two attached hydrogens (primary N) is 1. The van der Waals surface area contributed by atoms with Crippen molar-refractivity contribution >= 4 is 58.9 Å². The fourth-order valence-electron chi connectivity index (χ4n) is 18.3. The predicted molar refractivity (Wildman–Crippen MR) is 411 cm³/mol. The molecule has 0 aliphatic carbocycles. The first-order valence-corrected chi connectivity index (χ1v) is 38.9. The van der Waals surface area contributed by atoms with E-state index in [1.165, 1.54) is 21.6 Å². The van der Waals surface area contributed by atoms with Gasteiger partial charge in [0.1, 0.15) is 5.82 Å². The molecule has 14 rings (SSSR count). The minimum absolute atomic E-state index is 0. The Kier molecular flexibility index (Phi) is 26.6. The van der Waals surface area contributed by atoms with Gasteiger partial charge in [0.05, 0.1) is 37.7 Å². The largest absolute Gasteiger partial charge is 0.450 e. The number of carbonyl (C=O) groups is 5. The van der Waals surface area contributed by atoms with Crippen molar-refractivity contribution in [3.63, 3.8) is 0 Å². The van der Waals surface area contributed by atoms with E-state index >= 15 is 0 Å². The van der Waals surface area contributed by atoms with E-state index in [2.05, 4.69) is 110 Å². The summed E-state index contributed by atoms with van der Waals surface area (Å²) in [5.41, 5.74) is 18.7. The molecule has 9 aliphatic heterocycles. The van der Waals surface area contributed by atoms with E-state index in [1.807, 2.05) is 70.4 Å². The lowest BCUT2D eigenvalue weighted by Crippen LogP contribution is -2.52. The van der Waals surface area contributed by atoms with Gasteiger partial charge in [-0.05, 0) is 220 Å². The Morgan fingerprint density at radius 1 is 0.510 bits per heavy atom. The number of anilines is 3. The lowest BCUT2D eigenvalue weighted by Gasteiger charge is -2.45. The van der Waals surface area contributed by atoms with Crippen LogP contribution in [0.5, 0.6) is 0 Å². The molecule has 22 heteroatoms. The van der Waals surface area contributed by atoms with Gasteiger partial charge in [0.2, 0.25) is 11.8 Å². The molecule has 9 heterocycles. The number of amides is 5. The Bertz CT molecular complexity index is 3840. The van der Waals surface area contributed by atoms with E-state index in [-0.39, 0.29) is 63.1 Å². The quantitative estimate of drug-likeness (QED) is 0.0736. The van der Waals surface area contributed by atoms with Crippen molar-refractivity contribution in [2.45, 2.75) is 164 Å². The lowest BCUT2D eigenvalue weighted by atomic mass is 9.73. The van der Waals surface area contributed by atoms with Crippen LogP contribution in [-0.2, 0) is 46.6 Å². The van der Waals surface area contributed by atoms with Gasteiger partial charge in [0.25, 0.3) is 0 Å². The number of hydrogen-bond donors (Lipinski definition) is 1. The first kappa shape index (κ1) is 78.8. The van der Waals surface area contributed by atoms with Crippen LogP contribution in [0, 0.1) is 17.7 Å². The van der Waals surface area contributed by atoms with E-state index in [4.69, 9.17) is 19.9 Å². The zero-order valence-corrected chi connectivity index (χ0v) is 63.1. The van der Waals surface area contributed by atoms with Crippen LogP contribution in [-0.4, -0.2) is 219 Å². The maximum Gasteiger partial charge on any atom is 0.409 e. The minimum Gasteiger partial charge on any atom is -0.450 e. The van der Waals surface area contributed by atoms with Crippen molar-refractivity contribution in [3.05, 3.63) is 131 Å². The molecule has 0 bridgehead atoms. The van der Waals surface area contributed by atoms with Gasteiger partial charge in [0.15, 0.2) is 0 Å². The van der Waals surface area contributed by atoms with Gasteiger partial charge < -0.3 is 75.0 Å². The van der Waals surface area contributed by atoms with Crippen molar-refractivity contribution in [2.75, 3.05) is 145 Å². The summed E-state index contributed by atoms with van der Waals surface area (Å²) in [5.74, 6) is 6.24. The average Bonchev–Trinajstić information content (AvgIpc) is 1.60. The third-order valence-electron chi connectivity index (χ3n) is 23.9. The highest BCUT2D eigenvalue weighted by molar-refractivity contribution is 7.98. The van der Waals surface area contributed by atoms with Crippen LogP contribution < -0.4 is 20.4 Å². The summed E-state index contributed by atoms with van der Waals surface area (Å²) in [7, 11) is 0. The van der Waals surface area contributed by atoms with Gasteiger partial charge in [-0.2, -0.15) is 0 Å². The number of ether oxygens (including phenoxy) is 3. The second kappa shape index (κ2) is 35.1. The van der Waals surface area contributed by atoms with E-state index < -0.39 is 0 Å². The summed E-state index contributed by atoms with van der Waals surface area (Å²) >= 11 is 1.74. The molecule has 5 aromatic carbocycles. The molecule has 0 saturated carbocycles. The molecule has 5 aromatic rings. The molecule has 562 valence electrons. The molecule has 0 aromatic heterocycles. The Morgan fingerprint density at radius 3 is 1.30 bits per heavy atom. The fourth-order valence-corrected chi connectivity index (χ4v) is 18.7. The van der Waals surface area contributed by atoms with Crippen LogP contribution in [0.2, 0.25) is 0 Å². The number of para-hydroxylation sites is 2. The summed E-state index contributed by atoms with van der Waals surface area (Å²) in [6.07, 6.45) is 13.8. The standard InChI is InChI=1S/C29H38N4O3.C29H37N3O3S.C24H32FN3O2.2H2O/c1-3-36-28(35)32-14-10-24(11-15-32)31-16-12-29(13-17-31)20-33(21(2)34)27-25(8-5-9-26(27)29)23-7-4-6-22(18-23)19-30;1-4-35-28(34)31-16-12-23(13-17-31)30-18-14-29(15-19-30)20-32(21(2)33)27-25(6-5-7-26(27)29)22-8-10-24(36-3)11-9-22;1-3-5-12-28-18-24(21-17-19(25)6-7-22(21)28)10-15-26(16-11-24)20-8-13-27(14-9-20)23(29)30-4-2;;/h4-9,18,24H,3,10-17,19-20,30H2,1-2H3;5-11,23H,4,12-20H2,1-3H3;6-7,17,20H,4,8-16,18H2,1-2H3;2*1H2. The summed E-state index contributed by atoms with van der Waals surface area (Å²) in [6.45, 7) is 26.4. The van der Waals surface area contributed by atoms with Gasteiger partial charge >= 0.3 is 18.3 Å².